The molecule has 0 bridgehead atoms. The van der Waals surface area contributed by atoms with Gasteiger partial charge in [0.1, 0.15) is 11.0 Å². The summed E-state index contributed by atoms with van der Waals surface area (Å²) in [6, 6.07) is 4.43. The summed E-state index contributed by atoms with van der Waals surface area (Å²) >= 11 is 8.72. The zero-order chi connectivity index (χ0) is 22.6. The summed E-state index contributed by atoms with van der Waals surface area (Å²) in [6.45, 7) is 7.13. The standard InChI is InChI=1S/C10H15N3OS.C6H7ClN2S.C4H9NO.ClH/c1-7-5-9(13-10(11-7)15-2)12-8-3-4-14-6-8;1-4-3-5(7)9-6(8-4)10-2;5-4-1-2-6-3-4;/h5,8H,3-4,6H2,1-2H3,(H,11,12,13);3H,1-2H3;4H,1-3,5H2;1H. The summed E-state index contributed by atoms with van der Waals surface area (Å²) in [5.41, 5.74) is 7.31. The summed E-state index contributed by atoms with van der Waals surface area (Å²) in [5.74, 6) is 0.905. The number of nitrogens with two attached hydrogens (primary N) is 1. The predicted octanol–water partition coefficient (Wildman–Crippen LogP) is 4.02. The normalized spacial score (nSPS) is 19.2. The maximum absolute atomic E-state index is 5.66. The average Bonchev–Trinajstić information content (AvgIpc) is 3.41. The molecule has 12 heteroatoms. The molecular weight excluding hydrogens is 491 g/mol. The number of hydrogen-bond acceptors (Lipinski definition) is 10. The fraction of sp³-hybridized carbons (Fsp3) is 0.600. The van der Waals surface area contributed by atoms with Gasteiger partial charge in [-0.2, -0.15) is 0 Å². The monoisotopic (exact) mass is 522 g/mol. The molecule has 4 heterocycles. The topological polar surface area (TPSA) is 108 Å². The van der Waals surface area contributed by atoms with Crippen LogP contribution in [0.1, 0.15) is 24.2 Å². The Morgan fingerprint density at radius 3 is 2.00 bits per heavy atom. The van der Waals surface area contributed by atoms with Crippen molar-refractivity contribution in [3.05, 3.63) is 28.7 Å². The Labute approximate surface area is 210 Å². The lowest BCUT2D eigenvalue weighted by molar-refractivity contribution is 0.194. The Morgan fingerprint density at radius 2 is 1.53 bits per heavy atom. The molecule has 4 rings (SSSR count). The minimum absolute atomic E-state index is 0. The van der Waals surface area contributed by atoms with Crippen molar-refractivity contribution < 1.29 is 9.47 Å². The second-order valence-corrected chi connectivity index (χ2v) is 8.96. The van der Waals surface area contributed by atoms with Gasteiger partial charge in [0.15, 0.2) is 10.3 Å². The molecule has 2 aromatic rings. The molecule has 2 atom stereocenters. The van der Waals surface area contributed by atoms with Gasteiger partial charge < -0.3 is 20.5 Å². The first kappa shape index (κ1) is 29.2. The Kier molecular flexibility index (Phi) is 14.5. The summed E-state index contributed by atoms with van der Waals surface area (Å²) in [6.07, 6.45) is 6.00. The van der Waals surface area contributed by atoms with E-state index in [9.17, 15) is 0 Å². The molecule has 32 heavy (non-hydrogen) atoms. The number of nitrogens with one attached hydrogen (secondary N) is 1. The zero-order valence-corrected chi connectivity index (χ0v) is 22.0. The summed E-state index contributed by atoms with van der Waals surface area (Å²) < 4.78 is 10.2. The lowest BCUT2D eigenvalue weighted by Crippen LogP contribution is -2.20. The van der Waals surface area contributed by atoms with Gasteiger partial charge in [-0.1, -0.05) is 35.1 Å². The van der Waals surface area contributed by atoms with Gasteiger partial charge in [0.25, 0.3) is 0 Å². The van der Waals surface area contributed by atoms with Crippen LogP contribution in [0.15, 0.2) is 22.4 Å². The van der Waals surface area contributed by atoms with Gasteiger partial charge in [-0.25, -0.2) is 19.9 Å². The summed E-state index contributed by atoms with van der Waals surface area (Å²) in [4.78, 5) is 16.8. The van der Waals surface area contributed by atoms with Gasteiger partial charge >= 0.3 is 0 Å². The van der Waals surface area contributed by atoms with Crippen LogP contribution in [0.2, 0.25) is 5.15 Å². The highest BCUT2D eigenvalue weighted by molar-refractivity contribution is 7.98. The van der Waals surface area contributed by atoms with Crippen LogP contribution in [0.3, 0.4) is 0 Å². The highest BCUT2D eigenvalue weighted by Crippen LogP contribution is 2.16. The third-order valence-electron chi connectivity index (χ3n) is 4.25. The molecule has 0 radical (unpaired) electrons. The molecule has 0 spiro atoms. The maximum Gasteiger partial charge on any atom is 0.189 e. The fourth-order valence-corrected chi connectivity index (χ4v) is 3.85. The molecule has 2 fully saturated rings. The number of thioether (sulfide) groups is 2. The van der Waals surface area contributed by atoms with E-state index in [0.29, 0.717) is 17.2 Å². The zero-order valence-electron chi connectivity index (χ0n) is 18.8. The molecule has 0 aromatic carbocycles. The molecule has 0 amide bonds. The smallest absolute Gasteiger partial charge is 0.189 e. The first-order chi connectivity index (χ1) is 14.9. The van der Waals surface area contributed by atoms with E-state index in [1.165, 1.54) is 11.8 Å². The molecule has 8 nitrogen and oxygen atoms in total. The van der Waals surface area contributed by atoms with Crippen molar-refractivity contribution in [2.45, 2.75) is 49.1 Å². The Morgan fingerprint density at radius 1 is 0.938 bits per heavy atom. The van der Waals surface area contributed by atoms with Gasteiger partial charge in [0.2, 0.25) is 0 Å². The van der Waals surface area contributed by atoms with Crippen molar-refractivity contribution >= 4 is 53.3 Å². The van der Waals surface area contributed by atoms with Crippen molar-refractivity contribution in [2.24, 2.45) is 5.73 Å². The van der Waals surface area contributed by atoms with Crippen LogP contribution in [0.5, 0.6) is 0 Å². The second kappa shape index (κ2) is 15.9. The van der Waals surface area contributed by atoms with Crippen molar-refractivity contribution in [3.8, 4) is 0 Å². The van der Waals surface area contributed by atoms with E-state index in [2.05, 4.69) is 25.3 Å². The highest BCUT2D eigenvalue weighted by atomic mass is 35.5. The predicted molar refractivity (Wildman–Crippen MR) is 136 cm³/mol. The Hall–Kier alpha value is -0.880. The van der Waals surface area contributed by atoms with E-state index in [1.54, 1.807) is 17.8 Å². The fourth-order valence-electron chi connectivity index (χ4n) is 2.71. The maximum atomic E-state index is 5.66. The van der Waals surface area contributed by atoms with E-state index < -0.39 is 0 Å². The molecule has 2 aromatic heterocycles. The Bertz CT molecular complexity index is 789. The van der Waals surface area contributed by atoms with Crippen LogP contribution >= 0.6 is 47.5 Å². The average molecular weight is 524 g/mol. The van der Waals surface area contributed by atoms with Crippen LogP contribution in [-0.2, 0) is 9.47 Å². The van der Waals surface area contributed by atoms with E-state index in [-0.39, 0.29) is 12.4 Å². The van der Waals surface area contributed by atoms with Crippen molar-refractivity contribution in [2.75, 3.05) is 44.3 Å². The second-order valence-electron chi connectivity index (χ2n) is 7.03. The summed E-state index contributed by atoms with van der Waals surface area (Å²) in [5, 5.41) is 5.42. The third-order valence-corrected chi connectivity index (χ3v) is 5.54. The number of aryl methyl sites for hydroxylation is 2. The largest absolute Gasteiger partial charge is 0.380 e. The molecule has 2 saturated heterocycles. The number of halogens is 2. The van der Waals surface area contributed by atoms with Crippen LogP contribution in [0.4, 0.5) is 5.82 Å². The van der Waals surface area contributed by atoms with Gasteiger partial charge in [-0.3, -0.25) is 0 Å². The number of rotatable bonds is 4. The minimum atomic E-state index is 0. The molecule has 180 valence electrons. The van der Waals surface area contributed by atoms with E-state index >= 15 is 0 Å². The highest BCUT2D eigenvalue weighted by Gasteiger charge is 2.16. The van der Waals surface area contributed by atoms with Crippen molar-refractivity contribution in [1.29, 1.82) is 0 Å². The van der Waals surface area contributed by atoms with Crippen LogP contribution in [-0.4, -0.2) is 71.0 Å². The molecule has 0 saturated carbocycles. The first-order valence-corrected chi connectivity index (χ1v) is 12.8. The molecule has 3 N–H and O–H groups in total. The lowest BCUT2D eigenvalue weighted by atomic mass is 10.2. The van der Waals surface area contributed by atoms with Crippen LogP contribution in [0.25, 0.3) is 0 Å². The molecule has 2 aliphatic heterocycles. The van der Waals surface area contributed by atoms with Gasteiger partial charge in [-0.05, 0) is 45.3 Å². The van der Waals surface area contributed by atoms with Gasteiger partial charge in [0.05, 0.1) is 19.3 Å². The third kappa shape index (κ3) is 11.3. The number of ether oxygens (including phenoxy) is 2. The lowest BCUT2D eigenvalue weighted by Gasteiger charge is -2.12. The number of hydrogen-bond donors (Lipinski definition) is 2. The number of nitrogens with zero attached hydrogens (tertiary/aromatic N) is 4. The van der Waals surface area contributed by atoms with Crippen molar-refractivity contribution in [3.63, 3.8) is 0 Å². The number of aromatic nitrogens is 4. The van der Waals surface area contributed by atoms with E-state index in [0.717, 1.165) is 66.8 Å². The molecule has 2 unspecified atom stereocenters. The number of anilines is 1. The first-order valence-electron chi connectivity index (χ1n) is 10.0. The van der Waals surface area contributed by atoms with Crippen molar-refractivity contribution in [1.82, 2.24) is 19.9 Å². The van der Waals surface area contributed by atoms with Crippen LogP contribution in [0, 0.1) is 13.8 Å². The van der Waals surface area contributed by atoms with Gasteiger partial charge in [-0.15, -0.1) is 12.4 Å². The summed E-state index contributed by atoms with van der Waals surface area (Å²) in [7, 11) is 0. The molecular formula is C20H32Cl2N6O2S2. The van der Waals surface area contributed by atoms with Gasteiger partial charge in [0, 0.05) is 36.7 Å². The Balaban J connectivity index is 0.000000260. The van der Waals surface area contributed by atoms with E-state index in [1.807, 2.05) is 32.4 Å². The molecule has 2 aliphatic rings. The SMILES string of the molecule is CSc1nc(C)cc(Cl)n1.CSc1nc(C)cc(NC2CCOC2)n1.Cl.NC1CCOC1. The van der Waals surface area contributed by atoms with E-state index in [4.69, 9.17) is 26.8 Å². The molecule has 0 aliphatic carbocycles. The van der Waals surface area contributed by atoms with Crippen LogP contribution < -0.4 is 11.1 Å². The minimum Gasteiger partial charge on any atom is -0.380 e. The quantitative estimate of drug-likeness (QED) is 0.347.